The third-order valence-corrected chi connectivity index (χ3v) is 7.92. The molecule has 130 valence electrons. The van der Waals surface area contributed by atoms with Gasteiger partial charge in [-0.15, -0.1) is 32.1 Å². The molecule has 2 aromatic heterocycles. The van der Waals surface area contributed by atoms with Gasteiger partial charge in [0.25, 0.3) is 0 Å². The summed E-state index contributed by atoms with van der Waals surface area (Å²) in [5, 5.41) is 11.4. The fourth-order valence-electron chi connectivity index (χ4n) is 2.20. The Labute approximate surface area is 156 Å². The van der Waals surface area contributed by atoms with E-state index in [1.807, 2.05) is 13.1 Å². The van der Waals surface area contributed by atoms with Crippen LogP contribution in [0.25, 0.3) is 0 Å². The lowest BCUT2D eigenvalue weighted by Gasteiger charge is -2.21. The first-order valence-corrected chi connectivity index (χ1v) is 11.3. The van der Waals surface area contributed by atoms with Gasteiger partial charge in [0.05, 0.1) is 6.42 Å². The topological polar surface area (TPSA) is 66.3 Å². The number of alkyl halides is 1. The first-order chi connectivity index (χ1) is 11.6. The summed E-state index contributed by atoms with van der Waals surface area (Å²) in [6.45, 7) is 3.06. The molecule has 0 unspecified atom stereocenters. The molecule has 5 nitrogen and oxygen atoms in total. The lowest BCUT2D eigenvalue weighted by atomic mass is 10.1. The number of halogens is 1. The van der Waals surface area contributed by atoms with E-state index in [1.54, 1.807) is 17.5 Å². The molecule has 2 heterocycles. The van der Waals surface area contributed by atoms with Gasteiger partial charge in [-0.3, -0.25) is 4.79 Å². The Morgan fingerprint density at radius 1 is 1.46 bits per heavy atom. The number of unbranched alkanes of at least 4 members (excludes halogenated alkanes) is 1. The first kappa shape index (κ1) is 19.0. The number of hydrogen-bond donors (Lipinski definition) is 1. The summed E-state index contributed by atoms with van der Waals surface area (Å²) in [5.74, 6) is 0.0578. The van der Waals surface area contributed by atoms with E-state index < -0.39 is 26.7 Å². The maximum Gasteiger partial charge on any atom is 0.308 e. The van der Waals surface area contributed by atoms with E-state index in [0.29, 0.717) is 0 Å². The van der Waals surface area contributed by atoms with Gasteiger partial charge in [0.2, 0.25) is 0 Å². The number of carboxylic acids is 1. The summed E-state index contributed by atoms with van der Waals surface area (Å²) >= 11 is 1.30. The zero-order valence-electron chi connectivity index (χ0n) is 13.9. The molecule has 0 bridgehead atoms. The predicted molar refractivity (Wildman–Crippen MR) is 109 cm³/mol. The highest BCUT2D eigenvalue weighted by atomic mass is 127. The largest absolute Gasteiger partial charge is 0.481 e. The number of hydrogen-bond acceptors (Lipinski definition) is 5. The lowest BCUT2D eigenvalue weighted by Crippen LogP contribution is -2.23. The van der Waals surface area contributed by atoms with Crippen LogP contribution in [-0.2, 0) is 9.22 Å². The van der Waals surface area contributed by atoms with Crippen molar-refractivity contribution in [2.24, 2.45) is 0 Å². The van der Waals surface area contributed by atoms with Crippen LogP contribution in [-0.4, -0.2) is 38.1 Å². The van der Waals surface area contributed by atoms with Crippen molar-refractivity contribution in [2.75, 3.05) is 18.5 Å². The van der Waals surface area contributed by atoms with Crippen LogP contribution < -0.4 is 4.90 Å². The molecule has 0 fully saturated rings. The van der Waals surface area contributed by atoms with Crippen LogP contribution in [0, 0.1) is 0 Å². The Morgan fingerprint density at radius 2 is 2.29 bits per heavy atom. The molecule has 0 aromatic carbocycles. The van der Waals surface area contributed by atoms with Gasteiger partial charge in [0, 0.05) is 38.2 Å². The molecule has 0 aliphatic heterocycles. The molecule has 0 aliphatic rings. The monoisotopic (exact) mass is 459 g/mol. The second-order valence-corrected chi connectivity index (χ2v) is 9.22. The van der Waals surface area contributed by atoms with Crippen molar-refractivity contribution < 1.29 is 9.90 Å². The van der Waals surface area contributed by atoms with Crippen LogP contribution in [0.2, 0.25) is 0 Å². The minimum atomic E-state index is -0.790. The SMILES string of the molecule is CCCCN(C)c1ncncc1C(CC(=O)O)=ICc1cccs1. The molecule has 7 heteroatoms. The summed E-state index contributed by atoms with van der Waals surface area (Å²) in [4.78, 5) is 23.3. The quantitative estimate of drug-likeness (QED) is 0.455. The minimum absolute atomic E-state index is 0.0701. The Kier molecular flexibility index (Phi) is 7.77. The average Bonchev–Trinajstić information content (AvgIpc) is 3.09. The van der Waals surface area contributed by atoms with Crippen LogP contribution in [0.15, 0.2) is 30.0 Å². The van der Waals surface area contributed by atoms with Crippen LogP contribution in [0.4, 0.5) is 5.82 Å². The van der Waals surface area contributed by atoms with Crippen molar-refractivity contribution in [1.82, 2.24) is 9.97 Å². The van der Waals surface area contributed by atoms with E-state index in [-0.39, 0.29) is 6.42 Å². The summed E-state index contributed by atoms with van der Waals surface area (Å²) in [7, 11) is 2.01. The van der Waals surface area contributed by atoms with Crippen molar-refractivity contribution >= 4 is 47.4 Å². The number of thiophene rings is 1. The Balaban J connectivity index is 2.31. The third kappa shape index (κ3) is 5.62. The average molecular weight is 459 g/mol. The van der Waals surface area contributed by atoms with Gasteiger partial charge in [-0.25, -0.2) is 9.97 Å². The van der Waals surface area contributed by atoms with Crippen molar-refractivity contribution in [1.29, 1.82) is 0 Å². The van der Waals surface area contributed by atoms with Crippen molar-refractivity contribution in [2.45, 2.75) is 30.6 Å². The highest BCUT2D eigenvalue weighted by molar-refractivity contribution is 14.2. The van der Waals surface area contributed by atoms with Crippen molar-refractivity contribution in [3.05, 3.63) is 40.5 Å². The van der Waals surface area contributed by atoms with Gasteiger partial charge in [0.1, 0.15) is 12.1 Å². The number of rotatable bonds is 9. The van der Waals surface area contributed by atoms with Gasteiger partial charge in [-0.2, -0.15) is 0 Å². The van der Waals surface area contributed by atoms with Crippen LogP contribution in [0.3, 0.4) is 0 Å². The summed E-state index contributed by atoms with van der Waals surface area (Å²) < 4.78 is 1.94. The van der Waals surface area contributed by atoms with Crippen LogP contribution >= 0.6 is 32.1 Å². The van der Waals surface area contributed by atoms with E-state index in [4.69, 9.17) is 0 Å². The second kappa shape index (κ2) is 9.83. The van der Waals surface area contributed by atoms with Gasteiger partial charge in [0.15, 0.2) is 0 Å². The van der Waals surface area contributed by atoms with E-state index >= 15 is 0 Å². The third-order valence-electron chi connectivity index (χ3n) is 3.44. The van der Waals surface area contributed by atoms with Gasteiger partial charge in [-0.05, 0) is 17.9 Å². The van der Waals surface area contributed by atoms with Gasteiger partial charge in [-0.1, -0.05) is 19.4 Å². The number of nitrogens with zero attached hydrogens (tertiary/aromatic N) is 3. The molecule has 24 heavy (non-hydrogen) atoms. The molecule has 0 atom stereocenters. The first-order valence-electron chi connectivity index (χ1n) is 7.82. The number of aliphatic carboxylic acids is 1. The molecular formula is C17H22IN3O2S. The van der Waals surface area contributed by atoms with Gasteiger partial charge >= 0.3 is 5.97 Å². The summed E-state index contributed by atoms with van der Waals surface area (Å²) in [5.41, 5.74) is 0.905. The zero-order chi connectivity index (χ0) is 17.4. The highest BCUT2D eigenvalue weighted by Gasteiger charge is 2.16. The van der Waals surface area contributed by atoms with E-state index in [9.17, 15) is 9.90 Å². The molecule has 2 rings (SSSR count). The lowest BCUT2D eigenvalue weighted by molar-refractivity contribution is -0.135. The summed E-state index contributed by atoms with van der Waals surface area (Å²) in [6, 6.07) is 4.15. The standard InChI is InChI=1S/C17H22IN3O2S/c1-3-4-7-21(2)17-14(11-19-12-20-17)15(9-16(22)23)18-10-13-6-5-8-24-13/h5-6,8,11-12H,3-4,7,9-10H2,1-2H3,(H,22,23). The Hall–Kier alpha value is -1.35. The Bertz CT molecular complexity index is 689. The smallest absolute Gasteiger partial charge is 0.308 e. The Morgan fingerprint density at radius 3 is 2.96 bits per heavy atom. The fourth-order valence-corrected chi connectivity index (χ4v) is 6.14. The van der Waals surface area contributed by atoms with Crippen LogP contribution in [0.5, 0.6) is 0 Å². The van der Waals surface area contributed by atoms with Crippen molar-refractivity contribution in [3.8, 4) is 0 Å². The highest BCUT2D eigenvalue weighted by Crippen LogP contribution is 2.25. The van der Waals surface area contributed by atoms with E-state index in [0.717, 1.165) is 38.7 Å². The number of carbonyl (C=O) groups is 1. The predicted octanol–water partition coefficient (Wildman–Crippen LogP) is 3.94. The van der Waals surface area contributed by atoms with Crippen molar-refractivity contribution in [3.63, 3.8) is 0 Å². The normalized spacial score (nSPS) is 11.8. The molecule has 0 spiro atoms. The minimum Gasteiger partial charge on any atom is -0.481 e. The molecule has 0 saturated carbocycles. The molecule has 0 amide bonds. The molecule has 2 aromatic rings. The molecule has 1 N–H and O–H groups in total. The van der Waals surface area contributed by atoms with Gasteiger partial charge < -0.3 is 10.0 Å². The molecule has 0 aliphatic carbocycles. The van der Waals surface area contributed by atoms with E-state index in [1.165, 1.54) is 11.2 Å². The maximum absolute atomic E-state index is 11.3. The summed E-state index contributed by atoms with van der Waals surface area (Å²) in [6.07, 6.45) is 5.58. The van der Waals surface area contributed by atoms with Crippen LogP contribution in [0.1, 0.15) is 36.6 Å². The molecule has 0 saturated heterocycles. The van der Waals surface area contributed by atoms with E-state index in [2.05, 4.69) is 33.2 Å². The number of carboxylic acid groups (broad SMARTS) is 1. The molecular weight excluding hydrogens is 437 g/mol. The maximum atomic E-state index is 11.3. The molecule has 0 radical (unpaired) electrons. The number of aromatic nitrogens is 2. The fraction of sp³-hybridized carbons (Fsp3) is 0.412. The number of anilines is 1. The second-order valence-electron chi connectivity index (χ2n) is 5.36. The zero-order valence-corrected chi connectivity index (χ0v) is 16.9.